The molecular formula is C19H23IN2. The number of quaternary nitrogens is 1. The zero-order valence-electron chi connectivity index (χ0n) is 13.5. The lowest BCUT2D eigenvalue weighted by Crippen LogP contribution is -3.00. The van der Waals surface area contributed by atoms with Crippen molar-refractivity contribution in [1.29, 1.82) is 5.26 Å². The minimum atomic E-state index is -0.575. The molecule has 0 aliphatic rings. The van der Waals surface area contributed by atoms with E-state index >= 15 is 0 Å². The molecule has 0 aromatic heterocycles. The number of hydrogen-bond acceptors (Lipinski definition) is 1. The maximum absolute atomic E-state index is 10.0. The smallest absolute Gasteiger partial charge is 0.112 e. The Kier molecular flexibility index (Phi) is 6.58. The Morgan fingerprint density at radius 1 is 0.864 bits per heavy atom. The van der Waals surface area contributed by atoms with E-state index in [0.717, 1.165) is 28.6 Å². The van der Waals surface area contributed by atoms with Gasteiger partial charge in [0.1, 0.15) is 5.41 Å². The summed E-state index contributed by atoms with van der Waals surface area (Å²) in [4.78, 5) is 0. The highest BCUT2D eigenvalue weighted by Crippen LogP contribution is 2.35. The van der Waals surface area contributed by atoms with Gasteiger partial charge in [0, 0.05) is 6.42 Å². The van der Waals surface area contributed by atoms with Crippen molar-refractivity contribution in [3.63, 3.8) is 0 Å². The van der Waals surface area contributed by atoms with Gasteiger partial charge in [-0.3, -0.25) is 0 Å². The van der Waals surface area contributed by atoms with Crippen molar-refractivity contribution >= 4 is 0 Å². The molecule has 0 N–H and O–H groups in total. The van der Waals surface area contributed by atoms with Gasteiger partial charge in [-0.25, -0.2) is 0 Å². The molecule has 116 valence electrons. The molecule has 2 rings (SSSR count). The van der Waals surface area contributed by atoms with Gasteiger partial charge in [0.15, 0.2) is 0 Å². The second-order valence-corrected chi connectivity index (χ2v) is 6.51. The molecule has 3 heteroatoms. The van der Waals surface area contributed by atoms with Crippen molar-refractivity contribution in [2.45, 2.75) is 11.8 Å². The highest BCUT2D eigenvalue weighted by molar-refractivity contribution is 5.45. The normalized spacial score (nSPS) is 11.4. The molecule has 0 fully saturated rings. The van der Waals surface area contributed by atoms with Crippen molar-refractivity contribution in [2.24, 2.45) is 0 Å². The molecule has 2 nitrogen and oxygen atoms in total. The molecule has 0 heterocycles. The highest BCUT2D eigenvalue weighted by atomic mass is 127. The van der Waals surface area contributed by atoms with Crippen LogP contribution in [0, 0.1) is 11.3 Å². The first-order chi connectivity index (χ1) is 9.98. The molecule has 0 saturated heterocycles. The van der Waals surface area contributed by atoms with Gasteiger partial charge in [-0.2, -0.15) is 5.26 Å². The number of nitriles is 1. The summed E-state index contributed by atoms with van der Waals surface area (Å²) in [7, 11) is 6.49. The van der Waals surface area contributed by atoms with E-state index in [1.165, 1.54) is 0 Å². The summed E-state index contributed by atoms with van der Waals surface area (Å²) in [5.74, 6) is 0. The van der Waals surface area contributed by atoms with Gasteiger partial charge in [-0.1, -0.05) is 60.7 Å². The molecule has 0 spiro atoms. The summed E-state index contributed by atoms with van der Waals surface area (Å²) < 4.78 is 0.850. The van der Waals surface area contributed by atoms with Crippen molar-refractivity contribution in [3.05, 3.63) is 71.8 Å². The van der Waals surface area contributed by atoms with Crippen LogP contribution in [0.5, 0.6) is 0 Å². The standard InChI is InChI=1S/C19H23N2.HI/c1-21(2,3)15-14-19(16-20,17-10-6-4-7-11-17)18-12-8-5-9-13-18;/h4-13H,14-15H2,1-3H3;1H/q+1;/p-1. The average molecular weight is 406 g/mol. The maximum Gasteiger partial charge on any atom is 0.112 e. The van der Waals surface area contributed by atoms with Crippen molar-refractivity contribution in [1.82, 2.24) is 0 Å². The first-order valence-corrected chi connectivity index (χ1v) is 7.31. The Labute approximate surface area is 151 Å². The van der Waals surface area contributed by atoms with Gasteiger partial charge >= 0.3 is 0 Å². The molecule has 2 aromatic rings. The summed E-state index contributed by atoms with van der Waals surface area (Å²) in [6, 6.07) is 22.9. The van der Waals surface area contributed by atoms with Crippen LogP contribution < -0.4 is 24.0 Å². The Morgan fingerprint density at radius 2 is 1.27 bits per heavy atom. The Bertz CT molecular complexity index is 570. The lowest BCUT2D eigenvalue weighted by molar-refractivity contribution is -0.870. The van der Waals surface area contributed by atoms with Crippen molar-refractivity contribution in [2.75, 3.05) is 27.7 Å². The first-order valence-electron chi connectivity index (χ1n) is 7.31. The summed E-state index contributed by atoms with van der Waals surface area (Å²) in [5, 5.41) is 10.0. The lowest BCUT2D eigenvalue weighted by atomic mass is 9.73. The fraction of sp³-hybridized carbons (Fsp3) is 0.316. The quantitative estimate of drug-likeness (QED) is 0.527. The Morgan fingerprint density at radius 3 is 1.59 bits per heavy atom. The lowest BCUT2D eigenvalue weighted by Gasteiger charge is -2.32. The number of hydrogen-bond donors (Lipinski definition) is 0. The van der Waals surface area contributed by atoms with E-state index in [4.69, 9.17) is 0 Å². The third-order valence-corrected chi connectivity index (χ3v) is 3.88. The molecule has 0 saturated carbocycles. The van der Waals surface area contributed by atoms with E-state index in [-0.39, 0.29) is 24.0 Å². The van der Waals surface area contributed by atoms with Gasteiger partial charge < -0.3 is 28.5 Å². The fourth-order valence-electron chi connectivity index (χ4n) is 2.59. The Balaban J connectivity index is 0.00000242. The Hall–Kier alpha value is -1.38. The van der Waals surface area contributed by atoms with Gasteiger partial charge in [0.2, 0.25) is 0 Å². The van der Waals surface area contributed by atoms with E-state index in [1.54, 1.807) is 0 Å². The largest absolute Gasteiger partial charge is 1.00 e. The molecule has 0 bridgehead atoms. The van der Waals surface area contributed by atoms with Gasteiger partial charge in [-0.05, 0) is 11.1 Å². The van der Waals surface area contributed by atoms with Crippen LogP contribution in [0.25, 0.3) is 0 Å². The molecule has 0 amide bonds. The molecule has 2 aromatic carbocycles. The number of benzene rings is 2. The van der Waals surface area contributed by atoms with Crippen LogP contribution in [0.15, 0.2) is 60.7 Å². The topological polar surface area (TPSA) is 23.8 Å². The third kappa shape index (κ3) is 4.31. The predicted molar refractivity (Wildman–Crippen MR) is 86.8 cm³/mol. The summed E-state index contributed by atoms with van der Waals surface area (Å²) >= 11 is 0. The van der Waals surface area contributed by atoms with Crippen molar-refractivity contribution < 1.29 is 28.5 Å². The van der Waals surface area contributed by atoms with Crippen LogP contribution in [0.1, 0.15) is 17.5 Å². The zero-order valence-corrected chi connectivity index (χ0v) is 15.6. The second-order valence-electron chi connectivity index (χ2n) is 6.51. The molecule has 0 aliphatic heterocycles. The van der Waals surface area contributed by atoms with Crippen LogP contribution in [0.3, 0.4) is 0 Å². The van der Waals surface area contributed by atoms with Crippen LogP contribution in [0.2, 0.25) is 0 Å². The van der Waals surface area contributed by atoms with E-state index in [9.17, 15) is 5.26 Å². The van der Waals surface area contributed by atoms with Crippen LogP contribution >= 0.6 is 0 Å². The van der Waals surface area contributed by atoms with E-state index < -0.39 is 5.41 Å². The highest BCUT2D eigenvalue weighted by Gasteiger charge is 2.35. The van der Waals surface area contributed by atoms with Gasteiger partial charge in [0.25, 0.3) is 0 Å². The number of nitrogens with zero attached hydrogens (tertiary/aromatic N) is 2. The molecule has 0 atom stereocenters. The molecule has 0 unspecified atom stereocenters. The maximum atomic E-state index is 10.0. The average Bonchev–Trinajstić information content (AvgIpc) is 2.49. The van der Waals surface area contributed by atoms with Crippen molar-refractivity contribution in [3.8, 4) is 6.07 Å². The van der Waals surface area contributed by atoms with Crippen LogP contribution in [-0.2, 0) is 5.41 Å². The van der Waals surface area contributed by atoms with Crippen LogP contribution in [-0.4, -0.2) is 32.2 Å². The second kappa shape index (κ2) is 7.75. The molecule has 22 heavy (non-hydrogen) atoms. The van der Waals surface area contributed by atoms with Gasteiger partial charge in [-0.15, -0.1) is 0 Å². The van der Waals surface area contributed by atoms with E-state index in [0.29, 0.717) is 0 Å². The molecule has 0 aliphatic carbocycles. The van der Waals surface area contributed by atoms with E-state index in [2.05, 4.69) is 51.5 Å². The number of halogens is 1. The van der Waals surface area contributed by atoms with Crippen LogP contribution in [0.4, 0.5) is 0 Å². The third-order valence-electron chi connectivity index (χ3n) is 3.88. The SMILES string of the molecule is C[N+](C)(C)CCC(C#N)(c1ccccc1)c1ccccc1.[I-]. The molecular weight excluding hydrogens is 383 g/mol. The van der Waals surface area contributed by atoms with E-state index in [1.807, 2.05) is 36.4 Å². The first kappa shape index (κ1) is 18.7. The monoisotopic (exact) mass is 406 g/mol. The fourth-order valence-corrected chi connectivity index (χ4v) is 2.59. The molecule has 0 radical (unpaired) electrons. The number of rotatable bonds is 5. The minimum Gasteiger partial charge on any atom is -1.00 e. The summed E-state index contributed by atoms with van der Waals surface area (Å²) in [6.45, 7) is 0.942. The minimum absolute atomic E-state index is 0. The zero-order chi connectivity index (χ0) is 15.3. The summed E-state index contributed by atoms with van der Waals surface area (Å²) in [5.41, 5.74) is 1.58. The van der Waals surface area contributed by atoms with Gasteiger partial charge in [0.05, 0.1) is 33.8 Å². The predicted octanol–water partition coefficient (Wildman–Crippen LogP) is 0.597. The summed E-state index contributed by atoms with van der Waals surface area (Å²) in [6.07, 6.45) is 0.807.